The minimum absolute atomic E-state index is 0.236. The molecule has 0 radical (unpaired) electrons. The second-order valence-corrected chi connectivity index (χ2v) is 5.06. The highest BCUT2D eigenvalue weighted by Crippen LogP contribution is 2.23. The van der Waals surface area contributed by atoms with Gasteiger partial charge < -0.3 is 24.1 Å². The van der Waals surface area contributed by atoms with Gasteiger partial charge in [0.1, 0.15) is 6.61 Å². The van der Waals surface area contributed by atoms with Crippen molar-refractivity contribution >= 4 is 5.97 Å². The highest BCUT2D eigenvalue weighted by molar-refractivity contribution is 5.68. The monoisotopic (exact) mass is 291 g/mol. The number of carboxylic acids is 1. The summed E-state index contributed by atoms with van der Waals surface area (Å²) in [4.78, 5) is 12.6. The van der Waals surface area contributed by atoms with Crippen molar-refractivity contribution in [2.45, 2.75) is 12.5 Å². The first kappa shape index (κ1) is 17.3. The summed E-state index contributed by atoms with van der Waals surface area (Å²) in [5, 5.41) is 8.56. The quantitative estimate of drug-likeness (QED) is 0.501. The van der Waals surface area contributed by atoms with Crippen LogP contribution in [-0.4, -0.2) is 88.0 Å². The summed E-state index contributed by atoms with van der Waals surface area (Å²) < 4.78 is 20.9. The molecular formula is C13H25NO6. The van der Waals surface area contributed by atoms with Gasteiger partial charge in [-0.3, -0.25) is 4.90 Å². The Kier molecular flexibility index (Phi) is 8.01. The topological polar surface area (TPSA) is 77.5 Å². The van der Waals surface area contributed by atoms with Crippen molar-refractivity contribution in [1.29, 1.82) is 0 Å². The lowest BCUT2D eigenvalue weighted by Crippen LogP contribution is -2.62. The van der Waals surface area contributed by atoms with Gasteiger partial charge in [0.15, 0.2) is 0 Å². The van der Waals surface area contributed by atoms with E-state index in [1.807, 2.05) is 6.92 Å². The molecule has 7 heteroatoms. The molecule has 0 atom stereocenters. The Morgan fingerprint density at radius 2 is 1.75 bits per heavy atom. The van der Waals surface area contributed by atoms with Gasteiger partial charge in [0.05, 0.1) is 38.6 Å². The molecule has 118 valence electrons. The number of methoxy groups -OCH3 is 1. The van der Waals surface area contributed by atoms with Crippen molar-refractivity contribution in [2.75, 3.05) is 66.4 Å². The van der Waals surface area contributed by atoms with Gasteiger partial charge in [-0.15, -0.1) is 0 Å². The van der Waals surface area contributed by atoms with Crippen LogP contribution in [0, 0.1) is 0 Å². The molecule has 1 saturated heterocycles. The Bertz CT molecular complexity index is 280. The third-order valence-corrected chi connectivity index (χ3v) is 3.02. The van der Waals surface area contributed by atoms with Gasteiger partial charge in [0.25, 0.3) is 0 Å². The highest BCUT2D eigenvalue weighted by atomic mass is 16.5. The van der Waals surface area contributed by atoms with Gasteiger partial charge in [0, 0.05) is 26.7 Å². The number of carboxylic acid groups (broad SMARTS) is 1. The second kappa shape index (κ2) is 9.25. The molecule has 1 rings (SSSR count). The summed E-state index contributed by atoms with van der Waals surface area (Å²) in [5.41, 5.74) is -0.332. The second-order valence-electron chi connectivity index (χ2n) is 5.06. The molecular weight excluding hydrogens is 266 g/mol. The lowest BCUT2D eigenvalue weighted by Gasteiger charge is -2.47. The number of hydrogen-bond acceptors (Lipinski definition) is 6. The molecule has 0 unspecified atom stereocenters. The van der Waals surface area contributed by atoms with Crippen LogP contribution in [0.5, 0.6) is 0 Å². The van der Waals surface area contributed by atoms with E-state index in [9.17, 15) is 4.79 Å². The first-order chi connectivity index (χ1) is 9.56. The van der Waals surface area contributed by atoms with Crippen LogP contribution in [-0.2, 0) is 23.7 Å². The Morgan fingerprint density at radius 3 is 2.35 bits per heavy atom. The molecule has 1 N–H and O–H groups in total. The van der Waals surface area contributed by atoms with E-state index in [1.54, 1.807) is 7.11 Å². The van der Waals surface area contributed by atoms with Gasteiger partial charge in [-0.05, 0) is 6.92 Å². The molecule has 7 nitrogen and oxygen atoms in total. The standard InChI is InChI=1S/C13H25NO6/c1-13(20-9-12(15)16)10-14(11-13)3-4-18-7-8-19-6-5-17-2/h3-11H2,1-2H3,(H,15,16). The molecule has 0 bridgehead atoms. The minimum Gasteiger partial charge on any atom is -0.480 e. The zero-order chi connectivity index (χ0) is 14.8. The average Bonchev–Trinajstić information content (AvgIpc) is 2.37. The van der Waals surface area contributed by atoms with E-state index in [2.05, 4.69) is 4.90 Å². The highest BCUT2D eigenvalue weighted by Gasteiger charge is 2.39. The molecule has 0 saturated carbocycles. The van der Waals surface area contributed by atoms with Crippen LogP contribution in [0.4, 0.5) is 0 Å². The van der Waals surface area contributed by atoms with Crippen molar-refractivity contribution in [1.82, 2.24) is 4.90 Å². The summed E-state index contributed by atoms with van der Waals surface area (Å²) in [6.07, 6.45) is 0. The summed E-state index contributed by atoms with van der Waals surface area (Å²) in [5.74, 6) is -0.929. The summed E-state index contributed by atoms with van der Waals surface area (Å²) >= 11 is 0. The van der Waals surface area contributed by atoms with E-state index in [4.69, 9.17) is 24.1 Å². The number of hydrogen-bond donors (Lipinski definition) is 1. The zero-order valence-corrected chi connectivity index (χ0v) is 12.3. The number of rotatable bonds is 12. The fourth-order valence-electron chi connectivity index (χ4n) is 2.04. The largest absolute Gasteiger partial charge is 0.480 e. The molecule has 0 aromatic rings. The number of nitrogens with zero attached hydrogens (tertiary/aromatic N) is 1. The summed E-state index contributed by atoms with van der Waals surface area (Å²) in [6.45, 7) is 6.98. The number of carbonyl (C=O) groups is 1. The van der Waals surface area contributed by atoms with Crippen molar-refractivity contribution in [3.63, 3.8) is 0 Å². The summed E-state index contributed by atoms with van der Waals surface area (Å²) in [6, 6.07) is 0. The number of aliphatic carboxylic acids is 1. The lowest BCUT2D eigenvalue weighted by atomic mass is 9.96. The molecule has 1 fully saturated rings. The van der Waals surface area contributed by atoms with E-state index < -0.39 is 5.97 Å². The predicted octanol–water partition coefficient (Wildman–Crippen LogP) is -0.158. The number of likely N-dealkylation sites (tertiary alicyclic amines) is 1. The van der Waals surface area contributed by atoms with Gasteiger partial charge in [0.2, 0.25) is 0 Å². The maximum absolute atomic E-state index is 10.4. The van der Waals surface area contributed by atoms with Crippen LogP contribution in [0.15, 0.2) is 0 Å². The van der Waals surface area contributed by atoms with E-state index >= 15 is 0 Å². The van der Waals surface area contributed by atoms with Gasteiger partial charge in [-0.2, -0.15) is 0 Å². The smallest absolute Gasteiger partial charge is 0.329 e. The fraction of sp³-hybridized carbons (Fsp3) is 0.923. The zero-order valence-electron chi connectivity index (χ0n) is 12.3. The van der Waals surface area contributed by atoms with Crippen molar-refractivity contribution in [3.8, 4) is 0 Å². The lowest BCUT2D eigenvalue weighted by molar-refractivity contribution is -0.165. The van der Waals surface area contributed by atoms with Gasteiger partial charge >= 0.3 is 5.97 Å². The summed E-state index contributed by atoms with van der Waals surface area (Å²) in [7, 11) is 1.64. The van der Waals surface area contributed by atoms with Crippen LogP contribution < -0.4 is 0 Å². The molecule has 1 aliphatic rings. The van der Waals surface area contributed by atoms with E-state index in [-0.39, 0.29) is 12.2 Å². The third-order valence-electron chi connectivity index (χ3n) is 3.02. The Hall–Kier alpha value is -0.730. The van der Waals surface area contributed by atoms with E-state index in [1.165, 1.54) is 0 Å². The molecule has 0 amide bonds. The molecule has 0 aromatic carbocycles. The van der Waals surface area contributed by atoms with E-state index in [0.29, 0.717) is 33.0 Å². The molecule has 1 aliphatic heterocycles. The first-order valence-electron chi connectivity index (χ1n) is 6.78. The van der Waals surface area contributed by atoms with Crippen LogP contribution in [0.2, 0.25) is 0 Å². The molecule has 20 heavy (non-hydrogen) atoms. The van der Waals surface area contributed by atoms with Crippen molar-refractivity contribution in [3.05, 3.63) is 0 Å². The Morgan fingerprint density at radius 1 is 1.15 bits per heavy atom. The van der Waals surface area contributed by atoms with Crippen LogP contribution >= 0.6 is 0 Å². The van der Waals surface area contributed by atoms with Gasteiger partial charge in [-0.1, -0.05) is 0 Å². The Balaban J connectivity index is 1.89. The normalized spacial score (nSPS) is 17.9. The predicted molar refractivity (Wildman–Crippen MR) is 71.9 cm³/mol. The minimum atomic E-state index is -0.929. The van der Waals surface area contributed by atoms with Gasteiger partial charge in [-0.25, -0.2) is 4.79 Å². The number of ether oxygens (including phenoxy) is 4. The molecule has 0 aliphatic carbocycles. The molecule has 0 spiro atoms. The molecule has 1 heterocycles. The maximum Gasteiger partial charge on any atom is 0.329 e. The SMILES string of the molecule is COCCOCCOCCN1CC(C)(OCC(=O)O)C1. The van der Waals surface area contributed by atoms with Crippen LogP contribution in [0.3, 0.4) is 0 Å². The average molecular weight is 291 g/mol. The van der Waals surface area contributed by atoms with Crippen LogP contribution in [0.25, 0.3) is 0 Å². The third kappa shape index (κ3) is 7.16. The van der Waals surface area contributed by atoms with Crippen LogP contribution in [0.1, 0.15) is 6.92 Å². The maximum atomic E-state index is 10.4. The fourth-order valence-corrected chi connectivity index (χ4v) is 2.04. The Labute approximate surface area is 119 Å². The first-order valence-corrected chi connectivity index (χ1v) is 6.78. The molecule has 0 aromatic heterocycles. The van der Waals surface area contributed by atoms with E-state index in [0.717, 1.165) is 19.6 Å². The van der Waals surface area contributed by atoms with Crippen molar-refractivity contribution in [2.24, 2.45) is 0 Å². The van der Waals surface area contributed by atoms with Crippen molar-refractivity contribution < 1.29 is 28.8 Å².